The summed E-state index contributed by atoms with van der Waals surface area (Å²) in [5, 5.41) is 47.5. The third kappa shape index (κ3) is 5.39. The number of nitrogens with one attached hydrogen (secondary N) is 1. The summed E-state index contributed by atoms with van der Waals surface area (Å²) in [4.78, 5) is 0. The molecule has 0 bridgehead atoms. The summed E-state index contributed by atoms with van der Waals surface area (Å²) >= 11 is 0. The zero-order valence-corrected chi connectivity index (χ0v) is 10.2. The SMILES string of the molecule is CNC[C@@H](O)[C@H](O)[C@H](O)[C@@H](O)CO.I. The fourth-order valence-corrected chi connectivity index (χ4v) is 0.893. The van der Waals surface area contributed by atoms with E-state index < -0.39 is 31.0 Å². The minimum Gasteiger partial charge on any atom is -0.394 e. The number of hydrogen-bond acceptors (Lipinski definition) is 6. The molecule has 0 aromatic rings. The van der Waals surface area contributed by atoms with Crippen LogP contribution in [0.1, 0.15) is 0 Å². The second kappa shape index (κ2) is 8.77. The van der Waals surface area contributed by atoms with E-state index in [1.54, 1.807) is 7.05 Å². The second-order valence-electron chi connectivity index (χ2n) is 2.86. The molecule has 0 aromatic carbocycles. The lowest BCUT2D eigenvalue weighted by Crippen LogP contribution is -2.48. The van der Waals surface area contributed by atoms with Crippen LogP contribution in [0, 0.1) is 0 Å². The molecule has 0 unspecified atom stereocenters. The Hall–Kier alpha value is 0.490. The fourth-order valence-electron chi connectivity index (χ4n) is 0.893. The lowest BCUT2D eigenvalue weighted by atomic mass is 10.0. The Morgan fingerprint density at radius 2 is 1.43 bits per heavy atom. The maximum atomic E-state index is 9.21. The predicted molar refractivity (Wildman–Crippen MR) is 60.5 cm³/mol. The molecule has 0 aliphatic rings. The molecule has 0 amide bonds. The summed E-state index contributed by atoms with van der Waals surface area (Å²) in [5.41, 5.74) is 0. The summed E-state index contributed by atoms with van der Waals surface area (Å²) in [5.74, 6) is 0. The van der Waals surface area contributed by atoms with Gasteiger partial charge in [-0.1, -0.05) is 0 Å². The Kier molecular flexibility index (Phi) is 10.6. The highest BCUT2D eigenvalue weighted by Gasteiger charge is 2.29. The highest BCUT2D eigenvalue weighted by Crippen LogP contribution is 2.04. The molecule has 0 heterocycles. The topological polar surface area (TPSA) is 113 Å². The molecule has 7 heteroatoms. The third-order valence-corrected chi connectivity index (χ3v) is 1.74. The number of hydrogen-bond donors (Lipinski definition) is 6. The number of likely N-dealkylation sites (N-methyl/N-ethyl adjacent to an activating group) is 1. The van der Waals surface area contributed by atoms with E-state index in [1.165, 1.54) is 0 Å². The van der Waals surface area contributed by atoms with Gasteiger partial charge in [-0.25, -0.2) is 0 Å². The van der Waals surface area contributed by atoms with Gasteiger partial charge >= 0.3 is 0 Å². The molecule has 4 atom stereocenters. The zero-order chi connectivity index (χ0) is 10.4. The van der Waals surface area contributed by atoms with Crippen LogP contribution >= 0.6 is 24.0 Å². The molecule has 0 aliphatic heterocycles. The molecule has 14 heavy (non-hydrogen) atoms. The maximum absolute atomic E-state index is 9.21. The Bertz CT molecular complexity index is 139. The predicted octanol–water partition coefficient (Wildman–Crippen LogP) is -2.74. The molecule has 0 aliphatic carbocycles. The highest BCUT2D eigenvalue weighted by molar-refractivity contribution is 14.0. The molecule has 0 saturated heterocycles. The van der Waals surface area contributed by atoms with Gasteiger partial charge in [0.2, 0.25) is 0 Å². The quantitative estimate of drug-likeness (QED) is 0.296. The standard InChI is InChI=1S/C7H17NO5.HI/c1-8-2-4(10)6(12)7(13)5(11)3-9;/h4-13H,2-3H2,1H3;1H/t4-,5+,6+,7-;/m1./s1. The first kappa shape index (κ1) is 16.9. The molecule has 0 spiro atoms. The van der Waals surface area contributed by atoms with Gasteiger partial charge in [0.25, 0.3) is 0 Å². The summed E-state index contributed by atoms with van der Waals surface area (Å²) < 4.78 is 0. The van der Waals surface area contributed by atoms with Crippen LogP contribution in [0.25, 0.3) is 0 Å². The van der Waals surface area contributed by atoms with Crippen LogP contribution < -0.4 is 5.32 Å². The van der Waals surface area contributed by atoms with Gasteiger partial charge in [-0.2, -0.15) is 0 Å². The number of aliphatic hydroxyl groups is 5. The van der Waals surface area contributed by atoms with Crippen molar-refractivity contribution in [1.82, 2.24) is 5.32 Å². The van der Waals surface area contributed by atoms with Gasteiger partial charge in [0.05, 0.1) is 12.7 Å². The van der Waals surface area contributed by atoms with E-state index in [4.69, 9.17) is 20.4 Å². The van der Waals surface area contributed by atoms with Gasteiger partial charge in [0.1, 0.15) is 18.3 Å². The minimum absolute atomic E-state index is 0. The van der Waals surface area contributed by atoms with Crippen LogP contribution in [0.3, 0.4) is 0 Å². The van der Waals surface area contributed by atoms with Crippen LogP contribution in [-0.2, 0) is 0 Å². The average Bonchev–Trinajstić information content (AvgIpc) is 2.14. The number of rotatable bonds is 6. The van der Waals surface area contributed by atoms with E-state index in [-0.39, 0.29) is 30.5 Å². The first-order chi connectivity index (χ1) is 6.04. The van der Waals surface area contributed by atoms with Crippen LogP contribution in [0.4, 0.5) is 0 Å². The van der Waals surface area contributed by atoms with Gasteiger partial charge < -0.3 is 30.8 Å². The van der Waals surface area contributed by atoms with E-state index in [2.05, 4.69) is 5.32 Å². The molecular formula is C7H18INO5. The van der Waals surface area contributed by atoms with Crippen molar-refractivity contribution in [3.05, 3.63) is 0 Å². The number of halogens is 1. The van der Waals surface area contributed by atoms with Crippen LogP contribution in [-0.4, -0.2) is 70.1 Å². The maximum Gasteiger partial charge on any atom is 0.111 e. The first-order valence-corrected chi connectivity index (χ1v) is 4.02. The minimum atomic E-state index is -1.55. The smallest absolute Gasteiger partial charge is 0.111 e. The average molecular weight is 323 g/mol. The summed E-state index contributed by atoms with van der Waals surface area (Å²) in [6, 6.07) is 0. The van der Waals surface area contributed by atoms with Crippen molar-refractivity contribution in [2.45, 2.75) is 24.4 Å². The Morgan fingerprint density at radius 1 is 1.00 bits per heavy atom. The van der Waals surface area contributed by atoms with Gasteiger partial charge in [-0.3, -0.25) is 0 Å². The van der Waals surface area contributed by atoms with E-state index in [9.17, 15) is 5.11 Å². The van der Waals surface area contributed by atoms with Crippen molar-refractivity contribution in [2.24, 2.45) is 0 Å². The molecule has 6 N–H and O–H groups in total. The highest BCUT2D eigenvalue weighted by atomic mass is 127. The molecule has 0 radical (unpaired) electrons. The Balaban J connectivity index is 0. The molecule has 0 fully saturated rings. The second-order valence-corrected chi connectivity index (χ2v) is 2.86. The third-order valence-electron chi connectivity index (χ3n) is 1.74. The first-order valence-electron chi connectivity index (χ1n) is 4.02. The van der Waals surface area contributed by atoms with Gasteiger partial charge in [0, 0.05) is 6.54 Å². The van der Waals surface area contributed by atoms with E-state index >= 15 is 0 Å². The summed E-state index contributed by atoms with van der Waals surface area (Å²) in [6.07, 6.45) is -5.65. The largest absolute Gasteiger partial charge is 0.394 e. The molecule has 88 valence electrons. The molecule has 0 saturated carbocycles. The van der Waals surface area contributed by atoms with Crippen molar-refractivity contribution < 1.29 is 25.5 Å². The Labute approximate surface area is 99.6 Å². The molecule has 0 aromatic heterocycles. The van der Waals surface area contributed by atoms with Crippen molar-refractivity contribution in [3.63, 3.8) is 0 Å². The van der Waals surface area contributed by atoms with Crippen molar-refractivity contribution in [1.29, 1.82) is 0 Å². The molecule has 0 rings (SSSR count). The van der Waals surface area contributed by atoms with Crippen molar-refractivity contribution >= 4 is 24.0 Å². The number of aliphatic hydroxyl groups excluding tert-OH is 5. The van der Waals surface area contributed by atoms with Gasteiger partial charge in [-0.05, 0) is 7.05 Å². The summed E-state index contributed by atoms with van der Waals surface area (Å²) in [7, 11) is 1.57. The van der Waals surface area contributed by atoms with Crippen molar-refractivity contribution in [2.75, 3.05) is 20.2 Å². The molecule has 6 nitrogen and oxygen atoms in total. The fraction of sp³-hybridized carbons (Fsp3) is 1.00. The van der Waals surface area contributed by atoms with Gasteiger partial charge in [0.15, 0.2) is 0 Å². The zero-order valence-electron chi connectivity index (χ0n) is 7.87. The van der Waals surface area contributed by atoms with Gasteiger partial charge in [-0.15, -0.1) is 24.0 Å². The van der Waals surface area contributed by atoms with Crippen molar-refractivity contribution in [3.8, 4) is 0 Å². The summed E-state index contributed by atoms with van der Waals surface area (Å²) in [6.45, 7) is -0.569. The monoisotopic (exact) mass is 323 g/mol. The normalized spacial score (nSPS) is 19.3. The Morgan fingerprint density at radius 3 is 1.79 bits per heavy atom. The van der Waals surface area contributed by atoms with Crippen LogP contribution in [0.15, 0.2) is 0 Å². The molecular weight excluding hydrogens is 305 g/mol. The lowest BCUT2D eigenvalue weighted by molar-refractivity contribution is -0.113. The van der Waals surface area contributed by atoms with Crippen LogP contribution in [0.5, 0.6) is 0 Å². The lowest BCUT2D eigenvalue weighted by Gasteiger charge is -2.25. The van der Waals surface area contributed by atoms with Crippen LogP contribution in [0.2, 0.25) is 0 Å². The van der Waals surface area contributed by atoms with E-state index in [0.717, 1.165) is 0 Å². The van der Waals surface area contributed by atoms with E-state index in [1.807, 2.05) is 0 Å². The van der Waals surface area contributed by atoms with E-state index in [0.29, 0.717) is 0 Å².